The minimum atomic E-state index is -0.869. The van der Waals surface area contributed by atoms with Gasteiger partial charge in [0, 0.05) is 12.1 Å². The number of benzene rings is 1. The summed E-state index contributed by atoms with van der Waals surface area (Å²) in [6.45, 7) is 0. The molecule has 16 heavy (non-hydrogen) atoms. The maximum absolute atomic E-state index is 13.2. The molecule has 0 saturated carbocycles. The average molecular weight is 225 g/mol. The van der Waals surface area contributed by atoms with Gasteiger partial charge in [0.25, 0.3) is 0 Å². The summed E-state index contributed by atoms with van der Waals surface area (Å²) in [7, 11) is 0. The van der Waals surface area contributed by atoms with Gasteiger partial charge in [0.05, 0.1) is 0 Å². The van der Waals surface area contributed by atoms with Crippen molar-refractivity contribution in [3.63, 3.8) is 0 Å². The molecule has 0 unspecified atom stereocenters. The zero-order valence-corrected chi connectivity index (χ0v) is 7.95. The molecule has 1 heterocycles. The Bertz CT molecular complexity index is 516. The Balaban J connectivity index is 2.27. The Morgan fingerprint density at radius 3 is 2.50 bits per heavy atom. The molecule has 0 fully saturated rings. The first-order chi connectivity index (χ1) is 7.65. The molecule has 0 saturated heterocycles. The topological polar surface area (TPSA) is 22.1 Å². The van der Waals surface area contributed by atoms with Crippen LogP contribution in [0.4, 0.5) is 13.2 Å². The van der Waals surface area contributed by atoms with Gasteiger partial charge in [-0.25, -0.2) is 8.78 Å². The largest absolute Gasteiger partial charge is 0.436 e. The van der Waals surface area contributed by atoms with E-state index >= 15 is 0 Å². The highest BCUT2D eigenvalue weighted by molar-refractivity contribution is 5.28. The maximum atomic E-state index is 13.2. The van der Waals surface area contributed by atoms with E-state index in [2.05, 4.69) is 4.98 Å². The Morgan fingerprint density at radius 2 is 1.81 bits per heavy atom. The molecular formula is C11H6F3NO. The number of hydrogen-bond acceptors (Lipinski definition) is 2. The molecule has 5 heteroatoms. The number of ether oxygens (including phenoxy) is 1. The third kappa shape index (κ3) is 2.31. The Kier molecular flexibility index (Phi) is 2.76. The fourth-order valence-corrected chi connectivity index (χ4v) is 1.12. The molecule has 0 radical (unpaired) electrons. The van der Waals surface area contributed by atoms with Gasteiger partial charge in [0.1, 0.15) is 5.82 Å². The van der Waals surface area contributed by atoms with E-state index in [9.17, 15) is 13.2 Å². The second kappa shape index (κ2) is 4.22. The lowest BCUT2D eigenvalue weighted by Gasteiger charge is -2.05. The quantitative estimate of drug-likeness (QED) is 0.731. The molecular weight excluding hydrogens is 219 g/mol. The normalized spacial score (nSPS) is 10.2. The standard InChI is InChI=1S/C11H6F3NO/c12-7-4-5-9(8(13)6-7)16-11-3-1-2-10(14)15-11/h1-6H. The highest BCUT2D eigenvalue weighted by Gasteiger charge is 2.07. The zero-order chi connectivity index (χ0) is 11.5. The Hall–Kier alpha value is -2.04. The maximum Gasteiger partial charge on any atom is 0.222 e. The molecule has 0 spiro atoms. The van der Waals surface area contributed by atoms with Crippen LogP contribution in [-0.2, 0) is 0 Å². The van der Waals surface area contributed by atoms with Crippen LogP contribution in [0, 0.1) is 17.6 Å². The van der Waals surface area contributed by atoms with E-state index in [1.165, 1.54) is 12.1 Å². The molecule has 0 bridgehead atoms. The number of pyridine rings is 1. The van der Waals surface area contributed by atoms with Crippen LogP contribution in [0.15, 0.2) is 36.4 Å². The molecule has 2 aromatic rings. The van der Waals surface area contributed by atoms with Gasteiger partial charge in [-0.15, -0.1) is 0 Å². The summed E-state index contributed by atoms with van der Waals surface area (Å²) < 4.78 is 43.4. The van der Waals surface area contributed by atoms with Crippen LogP contribution in [-0.4, -0.2) is 4.98 Å². The number of aromatic nitrogens is 1. The SMILES string of the molecule is Fc1ccc(Oc2cccc(F)n2)c(F)c1. The summed E-state index contributed by atoms with van der Waals surface area (Å²) in [5, 5.41) is 0. The molecule has 0 aliphatic rings. The number of halogens is 3. The van der Waals surface area contributed by atoms with Crippen molar-refractivity contribution in [2.24, 2.45) is 0 Å². The molecule has 0 amide bonds. The lowest BCUT2D eigenvalue weighted by Crippen LogP contribution is -1.92. The van der Waals surface area contributed by atoms with E-state index in [-0.39, 0.29) is 11.6 Å². The first-order valence-corrected chi connectivity index (χ1v) is 4.40. The van der Waals surface area contributed by atoms with Gasteiger partial charge in [0.2, 0.25) is 11.8 Å². The van der Waals surface area contributed by atoms with Gasteiger partial charge in [0.15, 0.2) is 11.6 Å². The van der Waals surface area contributed by atoms with Gasteiger partial charge in [-0.2, -0.15) is 9.37 Å². The molecule has 0 N–H and O–H groups in total. The van der Waals surface area contributed by atoms with E-state index in [4.69, 9.17) is 4.74 Å². The van der Waals surface area contributed by atoms with Crippen molar-refractivity contribution < 1.29 is 17.9 Å². The lowest BCUT2D eigenvalue weighted by atomic mass is 10.3. The third-order valence-electron chi connectivity index (χ3n) is 1.80. The predicted octanol–water partition coefficient (Wildman–Crippen LogP) is 3.29. The summed E-state index contributed by atoms with van der Waals surface area (Å²) in [5.74, 6) is -2.62. The van der Waals surface area contributed by atoms with Crippen LogP contribution in [0.2, 0.25) is 0 Å². The summed E-state index contributed by atoms with van der Waals surface area (Å²) in [6.07, 6.45) is 0. The Morgan fingerprint density at radius 1 is 1.00 bits per heavy atom. The van der Waals surface area contributed by atoms with E-state index in [0.717, 1.165) is 18.2 Å². The molecule has 1 aromatic carbocycles. The highest BCUT2D eigenvalue weighted by Crippen LogP contribution is 2.23. The van der Waals surface area contributed by atoms with Crippen molar-refractivity contribution in [1.82, 2.24) is 4.98 Å². The van der Waals surface area contributed by atoms with E-state index in [0.29, 0.717) is 6.07 Å². The van der Waals surface area contributed by atoms with Gasteiger partial charge in [-0.3, -0.25) is 0 Å². The zero-order valence-electron chi connectivity index (χ0n) is 7.95. The van der Waals surface area contributed by atoms with Crippen LogP contribution < -0.4 is 4.74 Å². The van der Waals surface area contributed by atoms with Gasteiger partial charge in [-0.1, -0.05) is 6.07 Å². The molecule has 1 aromatic heterocycles. The van der Waals surface area contributed by atoms with Crippen LogP contribution in [0.25, 0.3) is 0 Å². The summed E-state index contributed by atoms with van der Waals surface area (Å²) >= 11 is 0. The number of nitrogens with zero attached hydrogens (tertiary/aromatic N) is 1. The van der Waals surface area contributed by atoms with E-state index in [1.54, 1.807) is 0 Å². The first kappa shape index (κ1) is 10.5. The minimum absolute atomic E-state index is 0.0921. The minimum Gasteiger partial charge on any atom is -0.436 e. The van der Waals surface area contributed by atoms with Crippen molar-refractivity contribution in [2.45, 2.75) is 0 Å². The Labute approximate surface area is 89.3 Å². The van der Waals surface area contributed by atoms with E-state index in [1.807, 2.05) is 0 Å². The highest BCUT2D eigenvalue weighted by atomic mass is 19.1. The third-order valence-corrected chi connectivity index (χ3v) is 1.80. The molecule has 2 nitrogen and oxygen atoms in total. The summed E-state index contributed by atoms with van der Waals surface area (Å²) in [6, 6.07) is 6.70. The van der Waals surface area contributed by atoms with Crippen molar-refractivity contribution in [3.05, 3.63) is 54.0 Å². The second-order valence-corrected chi connectivity index (χ2v) is 2.98. The van der Waals surface area contributed by atoms with Gasteiger partial charge >= 0.3 is 0 Å². The van der Waals surface area contributed by atoms with Gasteiger partial charge < -0.3 is 4.74 Å². The molecule has 82 valence electrons. The van der Waals surface area contributed by atoms with Crippen LogP contribution in [0.3, 0.4) is 0 Å². The van der Waals surface area contributed by atoms with Gasteiger partial charge in [-0.05, 0) is 18.2 Å². The molecule has 0 aliphatic carbocycles. The fraction of sp³-hybridized carbons (Fsp3) is 0. The number of rotatable bonds is 2. The van der Waals surface area contributed by atoms with Crippen molar-refractivity contribution >= 4 is 0 Å². The average Bonchev–Trinajstić information content (AvgIpc) is 2.22. The molecule has 2 rings (SSSR count). The van der Waals surface area contributed by atoms with Crippen LogP contribution in [0.1, 0.15) is 0 Å². The van der Waals surface area contributed by atoms with Crippen molar-refractivity contribution in [2.75, 3.05) is 0 Å². The summed E-state index contributed by atoms with van der Waals surface area (Å²) in [5.41, 5.74) is 0. The predicted molar refractivity (Wildman–Crippen MR) is 50.6 cm³/mol. The first-order valence-electron chi connectivity index (χ1n) is 4.40. The van der Waals surface area contributed by atoms with Crippen LogP contribution >= 0.6 is 0 Å². The summed E-state index contributed by atoms with van der Waals surface area (Å²) in [4.78, 5) is 3.38. The van der Waals surface area contributed by atoms with Crippen LogP contribution in [0.5, 0.6) is 11.6 Å². The molecule has 0 aliphatic heterocycles. The molecule has 0 atom stereocenters. The second-order valence-electron chi connectivity index (χ2n) is 2.98. The fourth-order valence-electron chi connectivity index (χ4n) is 1.12. The number of hydrogen-bond donors (Lipinski definition) is 0. The van der Waals surface area contributed by atoms with Crippen molar-refractivity contribution in [1.29, 1.82) is 0 Å². The van der Waals surface area contributed by atoms with Crippen molar-refractivity contribution in [3.8, 4) is 11.6 Å². The monoisotopic (exact) mass is 225 g/mol. The smallest absolute Gasteiger partial charge is 0.222 e. The lowest BCUT2D eigenvalue weighted by molar-refractivity contribution is 0.413. The van der Waals surface area contributed by atoms with E-state index < -0.39 is 17.6 Å².